The molecule has 2 aromatic carbocycles. The third kappa shape index (κ3) is 6.38. The van der Waals surface area contributed by atoms with Crippen molar-refractivity contribution in [2.45, 2.75) is 4.90 Å². The van der Waals surface area contributed by atoms with Gasteiger partial charge in [0.15, 0.2) is 0 Å². The van der Waals surface area contributed by atoms with E-state index in [1.807, 2.05) is 12.1 Å². The Labute approximate surface area is 159 Å². The second-order valence-corrected chi connectivity index (χ2v) is 6.75. The number of hydrogen-bond donors (Lipinski definition) is 2. The van der Waals surface area contributed by atoms with E-state index in [1.54, 1.807) is 23.9 Å². The van der Waals surface area contributed by atoms with Crippen molar-refractivity contribution in [3.8, 4) is 0 Å². The van der Waals surface area contributed by atoms with Crippen LogP contribution in [0.1, 0.15) is 10.4 Å². The number of nitrogens with zero attached hydrogens (tertiary/aromatic N) is 1. The summed E-state index contributed by atoms with van der Waals surface area (Å²) < 4.78 is 0. The predicted molar refractivity (Wildman–Crippen MR) is 101 cm³/mol. The molecular formula is C17H16ClN3O4S. The van der Waals surface area contributed by atoms with Crippen molar-refractivity contribution >= 4 is 40.9 Å². The van der Waals surface area contributed by atoms with E-state index in [0.717, 1.165) is 11.0 Å². The molecule has 0 heterocycles. The fraction of sp³-hybridized carbons (Fsp3) is 0.176. The molecule has 0 unspecified atom stereocenters. The van der Waals surface area contributed by atoms with Crippen LogP contribution in [0.2, 0.25) is 5.02 Å². The summed E-state index contributed by atoms with van der Waals surface area (Å²) in [5.41, 5.74) is -0.0494. The highest BCUT2D eigenvalue weighted by molar-refractivity contribution is 7.99. The molecule has 136 valence electrons. The molecule has 2 amide bonds. The molecular weight excluding hydrogens is 378 g/mol. The van der Waals surface area contributed by atoms with Gasteiger partial charge in [-0.25, -0.2) is 0 Å². The van der Waals surface area contributed by atoms with Crippen molar-refractivity contribution in [1.82, 2.24) is 10.6 Å². The number of amides is 2. The maximum absolute atomic E-state index is 11.9. The van der Waals surface area contributed by atoms with Gasteiger partial charge in [0, 0.05) is 39.9 Å². The first-order valence-electron chi connectivity index (χ1n) is 7.63. The van der Waals surface area contributed by atoms with Crippen molar-refractivity contribution in [3.05, 3.63) is 69.2 Å². The summed E-state index contributed by atoms with van der Waals surface area (Å²) in [6.07, 6.45) is 0. The zero-order valence-corrected chi connectivity index (χ0v) is 15.2. The Bertz CT molecular complexity index is 799. The number of hydrogen-bond acceptors (Lipinski definition) is 5. The second-order valence-electron chi connectivity index (χ2n) is 5.14. The fourth-order valence-electron chi connectivity index (χ4n) is 1.98. The largest absolute Gasteiger partial charge is 0.354 e. The summed E-state index contributed by atoms with van der Waals surface area (Å²) in [4.78, 5) is 34.9. The normalized spacial score (nSPS) is 10.2. The van der Waals surface area contributed by atoms with Crippen LogP contribution in [0.25, 0.3) is 0 Å². The maximum atomic E-state index is 11.9. The highest BCUT2D eigenvalue weighted by Crippen LogP contribution is 2.19. The maximum Gasteiger partial charge on any atom is 0.270 e. The van der Waals surface area contributed by atoms with E-state index in [4.69, 9.17) is 11.6 Å². The summed E-state index contributed by atoms with van der Waals surface area (Å²) in [5.74, 6) is -0.202. The van der Waals surface area contributed by atoms with Crippen LogP contribution in [0.4, 0.5) is 5.69 Å². The number of nitro groups is 1. The van der Waals surface area contributed by atoms with E-state index in [2.05, 4.69) is 10.6 Å². The molecule has 26 heavy (non-hydrogen) atoms. The molecule has 9 heteroatoms. The van der Waals surface area contributed by atoms with Gasteiger partial charge in [0.25, 0.3) is 11.6 Å². The number of non-ortho nitro benzene ring substituents is 1. The number of carbonyl (C=O) groups is 2. The van der Waals surface area contributed by atoms with Gasteiger partial charge < -0.3 is 10.6 Å². The lowest BCUT2D eigenvalue weighted by Crippen LogP contribution is -2.37. The van der Waals surface area contributed by atoms with Crippen LogP contribution in [0.15, 0.2) is 53.4 Å². The van der Waals surface area contributed by atoms with E-state index in [-0.39, 0.29) is 23.7 Å². The first-order valence-corrected chi connectivity index (χ1v) is 9.00. The smallest absolute Gasteiger partial charge is 0.270 e. The molecule has 7 nitrogen and oxygen atoms in total. The van der Waals surface area contributed by atoms with E-state index < -0.39 is 10.8 Å². The molecule has 2 N–H and O–H groups in total. The Hall–Kier alpha value is -2.58. The van der Waals surface area contributed by atoms with Crippen LogP contribution in [-0.4, -0.2) is 35.6 Å². The molecule has 0 atom stereocenters. The fourth-order valence-corrected chi connectivity index (χ4v) is 2.87. The number of carbonyl (C=O) groups excluding carboxylic acids is 2. The minimum atomic E-state index is -0.582. The van der Waals surface area contributed by atoms with Gasteiger partial charge in [-0.1, -0.05) is 17.7 Å². The summed E-state index contributed by atoms with van der Waals surface area (Å²) in [6.45, 7) is 0.242. The first-order chi connectivity index (χ1) is 12.5. The van der Waals surface area contributed by atoms with Crippen LogP contribution < -0.4 is 10.6 Å². The van der Waals surface area contributed by atoms with Crippen molar-refractivity contribution in [2.24, 2.45) is 0 Å². The first kappa shape index (κ1) is 19.7. The summed E-state index contributed by atoms with van der Waals surface area (Å²) in [7, 11) is 0. The van der Waals surface area contributed by atoms with E-state index in [9.17, 15) is 19.7 Å². The molecule has 0 saturated heterocycles. The SMILES string of the molecule is O=C(CNC(=O)c1cccc([N+](=O)[O-])c1)NCCSc1ccc(Cl)cc1. The van der Waals surface area contributed by atoms with Gasteiger partial charge in [-0.3, -0.25) is 19.7 Å². The zero-order chi connectivity index (χ0) is 18.9. The van der Waals surface area contributed by atoms with Crippen molar-refractivity contribution < 1.29 is 14.5 Å². The number of thioether (sulfide) groups is 1. The molecule has 0 saturated carbocycles. The Balaban J connectivity index is 1.69. The molecule has 0 aliphatic heterocycles. The minimum Gasteiger partial charge on any atom is -0.354 e. The van der Waals surface area contributed by atoms with Gasteiger partial charge in [0.05, 0.1) is 11.5 Å². The molecule has 0 aromatic heterocycles. The number of nitrogens with one attached hydrogen (secondary N) is 2. The van der Waals surface area contributed by atoms with Gasteiger partial charge in [-0.2, -0.15) is 0 Å². The van der Waals surface area contributed by atoms with Crippen LogP contribution in [0.5, 0.6) is 0 Å². The zero-order valence-electron chi connectivity index (χ0n) is 13.6. The van der Waals surface area contributed by atoms with E-state index in [1.165, 1.54) is 18.2 Å². The quantitative estimate of drug-likeness (QED) is 0.311. The van der Waals surface area contributed by atoms with E-state index in [0.29, 0.717) is 17.3 Å². The topological polar surface area (TPSA) is 101 Å². The Morgan fingerprint density at radius 1 is 1.12 bits per heavy atom. The Morgan fingerprint density at radius 2 is 1.85 bits per heavy atom. The van der Waals surface area contributed by atoms with E-state index >= 15 is 0 Å². The summed E-state index contributed by atoms with van der Waals surface area (Å²) in [5, 5.41) is 16.5. The summed E-state index contributed by atoms with van der Waals surface area (Å²) >= 11 is 7.38. The number of halogens is 1. The van der Waals surface area contributed by atoms with Crippen LogP contribution in [0, 0.1) is 10.1 Å². The predicted octanol–water partition coefficient (Wildman–Crippen LogP) is 2.89. The van der Waals surface area contributed by atoms with Crippen LogP contribution >= 0.6 is 23.4 Å². The second kappa shape index (κ2) is 9.79. The third-order valence-corrected chi connectivity index (χ3v) is 4.50. The standard InChI is InChI=1S/C17H16ClN3O4S/c18-13-4-6-15(7-5-13)26-9-8-19-16(22)11-20-17(23)12-2-1-3-14(10-12)21(24)25/h1-7,10H,8-9,11H2,(H,19,22)(H,20,23). The van der Waals surface area contributed by atoms with Crippen molar-refractivity contribution in [3.63, 3.8) is 0 Å². The van der Waals surface area contributed by atoms with Gasteiger partial charge >= 0.3 is 0 Å². The number of nitro benzene ring substituents is 1. The molecule has 0 aliphatic carbocycles. The van der Waals surface area contributed by atoms with Crippen molar-refractivity contribution in [2.75, 3.05) is 18.8 Å². The average molecular weight is 394 g/mol. The van der Waals surface area contributed by atoms with Gasteiger partial charge in [-0.15, -0.1) is 11.8 Å². The molecule has 2 aromatic rings. The monoisotopic (exact) mass is 393 g/mol. The van der Waals surface area contributed by atoms with Crippen molar-refractivity contribution in [1.29, 1.82) is 0 Å². The molecule has 0 bridgehead atoms. The van der Waals surface area contributed by atoms with Crippen LogP contribution in [-0.2, 0) is 4.79 Å². The molecule has 0 aliphatic rings. The lowest BCUT2D eigenvalue weighted by atomic mass is 10.2. The molecule has 2 rings (SSSR count). The minimum absolute atomic E-state index is 0.130. The summed E-state index contributed by atoms with van der Waals surface area (Å²) in [6, 6.07) is 12.7. The lowest BCUT2D eigenvalue weighted by molar-refractivity contribution is -0.384. The Morgan fingerprint density at radius 3 is 2.54 bits per heavy atom. The highest BCUT2D eigenvalue weighted by atomic mass is 35.5. The van der Waals surface area contributed by atoms with Gasteiger partial charge in [-0.05, 0) is 30.3 Å². The molecule has 0 radical (unpaired) electrons. The Kier molecular flexibility index (Phi) is 7.43. The van der Waals surface area contributed by atoms with Gasteiger partial charge in [0.1, 0.15) is 0 Å². The van der Waals surface area contributed by atoms with Crippen LogP contribution in [0.3, 0.4) is 0 Å². The molecule has 0 fully saturated rings. The highest BCUT2D eigenvalue weighted by Gasteiger charge is 2.12. The average Bonchev–Trinajstić information content (AvgIpc) is 2.64. The number of rotatable bonds is 8. The number of benzene rings is 2. The lowest BCUT2D eigenvalue weighted by Gasteiger charge is -2.07. The third-order valence-electron chi connectivity index (χ3n) is 3.24. The van der Waals surface area contributed by atoms with Gasteiger partial charge in [0.2, 0.25) is 5.91 Å². The molecule has 0 spiro atoms.